The van der Waals surface area contributed by atoms with Crippen LogP contribution in [0.2, 0.25) is 0 Å². The number of ether oxygens (including phenoxy) is 1. The smallest absolute Gasteiger partial charge is 0.118 e. The van der Waals surface area contributed by atoms with Crippen LogP contribution in [0, 0.1) is 5.92 Å². The molecule has 0 saturated heterocycles. The minimum atomic E-state index is 0.789. The summed E-state index contributed by atoms with van der Waals surface area (Å²) in [7, 11) is 3.93. The van der Waals surface area contributed by atoms with Gasteiger partial charge in [0.15, 0.2) is 0 Å². The maximum absolute atomic E-state index is 5.15. The van der Waals surface area contributed by atoms with Crippen LogP contribution in [0.15, 0.2) is 24.3 Å². The van der Waals surface area contributed by atoms with Crippen molar-refractivity contribution in [2.45, 2.75) is 32.4 Å². The molecule has 0 spiro atoms. The van der Waals surface area contributed by atoms with Crippen LogP contribution < -0.4 is 4.74 Å². The first-order valence-corrected chi connectivity index (χ1v) is 6.02. The predicted octanol–water partition coefficient (Wildman–Crippen LogP) is 2.93. The molecule has 2 rings (SSSR count). The van der Waals surface area contributed by atoms with E-state index in [0.29, 0.717) is 0 Å². The summed E-state index contributed by atoms with van der Waals surface area (Å²) in [5.74, 6) is 1.85. The molecule has 1 aliphatic rings. The minimum Gasteiger partial charge on any atom is -0.497 e. The highest BCUT2D eigenvalue weighted by Crippen LogP contribution is 2.31. The zero-order valence-electron chi connectivity index (χ0n) is 10.4. The quantitative estimate of drug-likeness (QED) is 0.772. The van der Waals surface area contributed by atoms with Crippen molar-refractivity contribution in [2.75, 3.05) is 14.2 Å². The maximum Gasteiger partial charge on any atom is 0.118 e. The van der Waals surface area contributed by atoms with E-state index in [1.165, 1.54) is 18.4 Å². The van der Waals surface area contributed by atoms with Gasteiger partial charge in [-0.25, -0.2) is 0 Å². The van der Waals surface area contributed by atoms with Gasteiger partial charge in [-0.1, -0.05) is 19.1 Å². The normalized spacial score (nSPS) is 24.2. The molecule has 1 fully saturated rings. The van der Waals surface area contributed by atoms with Crippen molar-refractivity contribution in [3.05, 3.63) is 29.8 Å². The molecule has 1 aliphatic carbocycles. The molecule has 2 nitrogen and oxygen atoms in total. The van der Waals surface area contributed by atoms with E-state index in [2.05, 4.69) is 31.0 Å². The molecule has 0 radical (unpaired) electrons. The molecular weight excluding hydrogens is 198 g/mol. The van der Waals surface area contributed by atoms with E-state index in [4.69, 9.17) is 4.74 Å². The van der Waals surface area contributed by atoms with Gasteiger partial charge in [-0.3, -0.25) is 4.90 Å². The van der Waals surface area contributed by atoms with E-state index in [-0.39, 0.29) is 0 Å². The van der Waals surface area contributed by atoms with Gasteiger partial charge in [-0.05, 0) is 43.5 Å². The molecule has 0 heterocycles. The Morgan fingerprint density at radius 3 is 2.38 bits per heavy atom. The van der Waals surface area contributed by atoms with Crippen LogP contribution in [0.4, 0.5) is 0 Å². The molecule has 16 heavy (non-hydrogen) atoms. The molecule has 1 saturated carbocycles. The molecule has 0 atom stereocenters. The third-order valence-corrected chi connectivity index (χ3v) is 3.56. The van der Waals surface area contributed by atoms with E-state index in [1.54, 1.807) is 7.11 Å². The van der Waals surface area contributed by atoms with E-state index in [1.807, 2.05) is 12.1 Å². The van der Waals surface area contributed by atoms with Crippen LogP contribution in [-0.4, -0.2) is 25.1 Å². The van der Waals surface area contributed by atoms with Crippen LogP contribution in [-0.2, 0) is 6.54 Å². The van der Waals surface area contributed by atoms with Crippen molar-refractivity contribution in [3.8, 4) is 5.75 Å². The number of hydrogen-bond donors (Lipinski definition) is 0. The maximum atomic E-state index is 5.15. The fourth-order valence-corrected chi connectivity index (χ4v) is 2.37. The molecule has 0 unspecified atom stereocenters. The van der Waals surface area contributed by atoms with E-state index >= 15 is 0 Å². The molecule has 0 bridgehead atoms. The molecule has 1 aromatic rings. The zero-order valence-corrected chi connectivity index (χ0v) is 10.4. The number of nitrogens with zero attached hydrogens (tertiary/aromatic N) is 1. The first-order valence-electron chi connectivity index (χ1n) is 6.02. The molecule has 1 aromatic carbocycles. The van der Waals surface area contributed by atoms with Crippen LogP contribution >= 0.6 is 0 Å². The highest BCUT2D eigenvalue weighted by atomic mass is 16.5. The average molecular weight is 219 g/mol. The first-order chi connectivity index (χ1) is 7.69. The summed E-state index contributed by atoms with van der Waals surface area (Å²) in [5.41, 5.74) is 1.36. The van der Waals surface area contributed by atoms with Crippen LogP contribution in [0.25, 0.3) is 0 Å². The van der Waals surface area contributed by atoms with Crippen molar-refractivity contribution in [2.24, 2.45) is 5.92 Å². The molecule has 0 aliphatic heterocycles. The number of rotatable bonds is 4. The second-order valence-electron chi connectivity index (χ2n) is 4.99. The van der Waals surface area contributed by atoms with Gasteiger partial charge in [0, 0.05) is 12.6 Å². The summed E-state index contributed by atoms with van der Waals surface area (Å²) in [4.78, 5) is 2.46. The third-order valence-electron chi connectivity index (χ3n) is 3.56. The van der Waals surface area contributed by atoms with Crippen molar-refractivity contribution in [1.82, 2.24) is 4.90 Å². The molecule has 88 valence electrons. The summed E-state index contributed by atoms with van der Waals surface area (Å²) in [6.07, 6.45) is 2.71. The number of benzene rings is 1. The van der Waals surface area contributed by atoms with Crippen LogP contribution in [0.1, 0.15) is 25.3 Å². The summed E-state index contributed by atoms with van der Waals surface area (Å²) >= 11 is 0. The summed E-state index contributed by atoms with van der Waals surface area (Å²) in [6.45, 7) is 3.37. The topological polar surface area (TPSA) is 12.5 Å². The van der Waals surface area contributed by atoms with Gasteiger partial charge in [0.2, 0.25) is 0 Å². The Morgan fingerprint density at radius 2 is 1.88 bits per heavy atom. The van der Waals surface area contributed by atoms with Gasteiger partial charge < -0.3 is 4.74 Å². The Morgan fingerprint density at radius 1 is 1.25 bits per heavy atom. The van der Waals surface area contributed by atoms with Crippen molar-refractivity contribution >= 4 is 0 Å². The highest BCUT2D eigenvalue weighted by Gasteiger charge is 2.28. The second kappa shape index (κ2) is 4.88. The third kappa shape index (κ3) is 2.56. The number of methoxy groups -OCH3 is 1. The molecular formula is C14H21NO. The van der Waals surface area contributed by atoms with Gasteiger partial charge in [0.25, 0.3) is 0 Å². The molecule has 0 aromatic heterocycles. The lowest BCUT2D eigenvalue weighted by Gasteiger charge is -2.39. The zero-order chi connectivity index (χ0) is 11.5. The Hall–Kier alpha value is -1.02. The van der Waals surface area contributed by atoms with E-state index in [0.717, 1.165) is 24.3 Å². The Bertz CT molecular complexity index is 327. The van der Waals surface area contributed by atoms with Crippen molar-refractivity contribution in [1.29, 1.82) is 0 Å². The lowest BCUT2D eigenvalue weighted by Crippen LogP contribution is -2.41. The molecule has 0 N–H and O–H groups in total. The highest BCUT2D eigenvalue weighted by molar-refractivity contribution is 5.27. The molecule has 2 heteroatoms. The summed E-state index contributed by atoms with van der Waals surface area (Å²) < 4.78 is 5.15. The van der Waals surface area contributed by atoms with E-state index in [9.17, 15) is 0 Å². The summed E-state index contributed by atoms with van der Waals surface area (Å²) in [6, 6.07) is 9.16. The van der Waals surface area contributed by atoms with Gasteiger partial charge in [-0.15, -0.1) is 0 Å². The first kappa shape index (κ1) is 11.5. The Labute approximate surface area is 98.2 Å². The lowest BCUT2D eigenvalue weighted by molar-refractivity contribution is 0.105. The lowest BCUT2D eigenvalue weighted by atomic mass is 9.81. The summed E-state index contributed by atoms with van der Waals surface area (Å²) in [5, 5.41) is 0. The largest absolute Gasteiger partial charge is 0.497 e. The van der Waals surface area contributed by atoms with Crippen molar-refractivity contribution in [3.63, 3.8) is 0 Å². The van der Waals surface area contributed by atoms with Gasteiger partial charge >= 0.3 is 0 Å². The van der Waals surface area contributed by atoms with Crippen molar-refractivity contribution < 1.29 is 4.74 Å². The standard InChI is InChI=1S/C14H21NO/c1-11-8-13(9-11)15(2)10-12-4-6-14(16-3)7-5-12/h4-7,11,13H,8-10H2,1-3H3. The number of hydrogen-bond acceptors (Lipinski definition) is 2. The monoisotopic (exact) mass is 219 g/mol. The van der Waals surface area contributed by atoms with Gasteiger partial charge in [0.1, 0.15) is 5.75 Å². The van der Waals surface area contributed by atoms with Crippen LogP contribution in [0.5, 0.6) is 5.75 Å². The Balaban J connectivity index is 1.88. The minimum absolute atomic E-state index is 0.789. The van der Waals surface area contributed by atoms with Crippen LogP contribution in [0.3, 0.4) is 0 Å². The van der Waals surface area contributed by atoms with Gasteiger partial charge in [-0.2, -0.15) is 0 Å². The SMILES string of the molecule is COc1ccc(CN(C)C2CC(C)C2)cc1. The molecule has 0 amide bonds. The second-order valence-corrected chi connectivity index (χ2v) is 4.99. The van der Waals surface area contributed by atoms with Gasteiger partial charge in [0.05, 0.1) is 7.11 Å². The fraction of sp³-hybridized carbons (Fsp3) is 0.571. The predicted molar refractivity (Wildman–Crippen MR) is 66.6 cm³/mol. The van der Waals surface area contributed by atoms with E-state index < -0.39 is 0 Å². The fourth-order valence-electron chi connectivity index (χ4n) is 2.37. The Kier molecular flexibility index (Phi) is 3.49. The average Bonchev–Trinajstić information content (AvgIpc) is 2.26.